The normalized spacial score (nSPS) is 15.8. The minimum Gasteiger partial charge on any atom is -0.398 e. The predicted molar refractivity (Wildman–Crippen MR) is 73.0 cm³/mol. The van der Waals surface area contributed by atoms with Gasteiger partial charge in [-0.25, -0.2) is 13.1 Å². The van der Waals surface area contributed by atoms with Crippen LogP contribution in [0.25, 0.3) is 0 Å². The van der Waals surface area contributed by atoms with Crippen molar-refractivity contribution in [1.29, 1.82) is 0 Å². The van der Waals surface area contributed by atoms with Crippen molar-refractivity contribution in [3.63, 3.8) is 0 Å². The lowest BCUT2D eigenvalue weighted by atomic mass is 10.2. The average Bonchev–Trinajstić information content (AvgIpc) is 3.07. The Labute approximate surface area is 113 Å². The number of hydrogen-bond donors (Lipinski definition) is 2. The van der Waals surface area contributed by atoms with E-state index in [9.17, 15) is 8.42 Å². The van der Waals surface area contributed by atoms with E-state index in [-0.39, 0.29) is 15.6 Å². The van der Waals surface area contributed by atoms with Crippen LogP contribution < -0.4 is 10.5 Å². The van der Waals surface area contributed by atoms with Gasteiger partial charge in [0.05, 0.1) is 10.7 Å². The second-order valence-corrected chi connectivity index (χ2v) is 6.75. The summed E-state index contributed by atoms with van der Waals surface area (Å²) in [5.41, 5.74) is 5.84. The highest BCUT2D eigenvalue weighted by Gasteiger charge is 2.22. The van der Waals surface area contributed by atoms with Gasteiger partial charge in [0.15, 0.2) is 0 Å². The maximum absolute atomic E-state index is 12.1. The highest BCUT2D eigenvalue weighted by Crippen LogP contribution is 2.33. The number of rotatable bonds is 6. The fraction of sp³-hybridized carbons (Fsp3) is 0.500. The molecule has 0 spiro atoms. The van der Waals surface area contributed by atoms with Crippen LogP contribution in [0.1, 0.15) is 25.7 Å². The topological polar surface area (TPSA) is 72.2 Å². The lowest BCUT2D eigenvalue weighted by molar-refractivity contribution is 0.573. The highest BCUT2D eigenvalue weighted by molar-refractivity contribution is 7.89. The van der Waals surface area contributed by atoms with Crippen molar-refractivity contribution in [3.05, 3.63) is 23.2 Å². The van der Waals surface area contributed by atoms with Crippen LogP contribution in [-0.4, -0.2) is 15.0 Å². The maximum atomic E-state index is 12.1. The number of benzene rings is 1. The van der Waals surface area contributed by atoms with Crippen molar-refractivity contribution >= 4 is 27.3 Å². The molecule has 6 heteroatoms. The first kappa shape index (κ1) is 13.6. The summed E-state index contributed by atoms with van der Waals surface area (Å²) in [6.07, 6.45) is 4.50. The van der Waals surface area contributed by atoms with Crippen molar-refractivity contribution in [1.82, 2.24) is 4.72 Å². The second kappa shape index (κ2) is 5.47. The quantitative estimate of drug-likeness (QED) is 0.623. The van der Waals surface area contributed by atoms with Crippen molar-refractivity contribution in [3.8, 4) is 0 Å². The molecule has 0 saturated heterocycles. The molecular formula is C12H17ClN2O2S. The molecule has 1 fully saturated rings. The molecule has 1 aromatic rings. The summed E-state index contributed by atoms with van der Waals surface area (Å²) in [6.45, 7) is 0.434. The standard InChI is InChI=1S/C12H17ClN2O2S/c13-10-4-1-5-11(14)12(10)18(16,17)15-8-2-3-9-6-7-9/h1,4-5,9,15H,2-3,6-8,14H2. The Balaban J connectivity index is 2.00. The van der Waals surface area contributed by atoms with Crippen LogP contribution >= 0.6 is 11.6 Å². The Kier molecular flexibility index (Phi) is 4.14. The fourth-order valence-corrected chi connectivity index (χ4v) is 3.63. The molecule has 2 rings (SSSR count). The van der Waals surface area contributed by atoms with Gasteiger partial charge < -0.3 is 5.73 Å². The molecule has 0 amide bonds. The van der Waals surface area contributed by atoms with Crippen LogP contribution in [0.15, 0.2) is 23.1 Å². The monoisotopic (exact) mass is 288 g/mol. The Morgan fingerprint density at radius 3 is 2.72 bits per heavy atom. The van der Waals surface area contributed by atoms with Gasteiger partial charge in [-0.05, 0) is 30.9 Å². The Morgan fingerprint density at radius 2 is 2.11 bits per heavy atom. The molecule has 1 aromatic carbocycles. The minimum atomic E-state index is -3.61. The van der Waals surface area contributed by atoms with E-state index in [1.54, 1.807) is 6.07 Å². The molecule has 100 valence electrons. The number of halogens is 1. The van der Waals surface area contributed by atoms with E-state index in [0.29, 0.717) is 6.54 Å². The van der Waals surface area contributed by atoms with Gasteiger partial charge in [0.25, 0.3) is 0 Å². The first-order valence-electron chi connectivity index (χ1n) is 6.04. The van der Waals surface area contributed by atoms with E-state index >= 15 is 0 Å². The Hall–Kier alpha value is -0.780. The van der Waals surface area contributed by atoms with E-state index < -0.39 is 10.0 Å². The molecule has 0 bridgehead atoms. The predicted octanol–water partition coefficient (Wildman–Crippen LogP) is 2.39. The summed E-state index contributed by atoms with van der Waals surface area (Å²) in [7, 11) is -3.61. The average molecular weight is 289 g/mol. The molecule has 0 aliphatic heterocycles. The molecule has 4 nitrogen and oxygen atoms in total. The Morgan fingerprint density at radius 1 is 1.39 bits per heavy atom. The van der Waals surface area contributed by atoms with E-state index in [2.05, 4.69) is 4.72 Å². The summed E-state index contributed by atoms with van der Waals surface area (Å²) in [4.78, 5) is -0.0157. The summed E-state index contributed by atoms with van der Waals surface area (Å²) < 4.78 is 26.7. The van der Waals surface area contributed by atoms with Crippen molar-refractivity contribution < 1.29 is 8.42 Å². The largest absolute Gasteiger partial charge is 0.398 e. The summed E-state index contributed by atoms with van der Waals surface area (Å²) in [6, 6.07) is 4.69. The number of anilines is 1. The number of sulfonamides is 1. The number of hydrogen-bond acceptors (Lipinski definition) is 3. The molecule has 0 unspecified atom stereocenters. The first-order valence-corrected chi connectivity index (χ1v) is 7.90. The third-order valence-electron chi connectivity index (χ3n) is 3.04. The first-order chi connectivity index (χ1) is 8.50. The number of nitrogens with one attached hydrogen (secondary N) is 1. The van der Waals surface area contributed by atoms with Gasteiger partial charge in [0.2, 0.25) is 10.0 Å². The van der Waals surface area contributed by atoms with E-state index in [0.717, 1.165) is 18.8 Å². The van der Waals surface area contributed by atoms with Crippen molar-refractivity contribution in [2.24, 2.45) is 5.92 Å². The SMILES string of the molecule is Nc1cccc(Cl)c1S(=O)(=O)NCCCC1CC1. The van der Waals surface area contributed by atoms with Gasteiger partial charge in [-0.15, -0.1) is 0 Å². The molecule has 3 N–H and O–H groups in total. The zero-order chi connectivity index (χ0) is 13.2. The molecular weight excluding hydrogens is 272 g/mol. The molecule has 1 saturated carbocycles. The Bertz CT molecular complexity index is 507. The summed E-state index contributed by atoms with van der Waals surface area (Å²) >= 11 is 5.89. The maximum Gasteiger partial charge on any atom is 0.244 e. The third-order valence-corrected chi connectivity index (χ3v) is 5.05. The zero-order valence-electron chi connectivity index (χ0n) is 10.0. The third kappa shape index (κ3) is 3.37. The molecule has 1 aliphatic carbocycles. The van der Waals surface area contributed by atoms with Crippen LogP contribution in [0, 0.1) is 5.92 Å². The molecule has 0 aromatic heterocycles. The molecule has 18 heavy (non-hydrogen) atoms. The molecule has 0 radical (unpaired) electrons. The molecule has 0 atom stereocenters. The van der Waals surface area contributed by atoms with Gasteiger partial charge in [-0.3, -0.25) is 0 Å². The van der Waals surface area contributed by atoms with E-state index in [1.165, 1.54) is 25.0 Å². The van der Waals surface area contributed by atoms with Gasteiger partial charge in [0, 0.05) is 6.54 Å². The molecule has 0 heterocycles. The van der Waals surface area contributed by atoms with Crippen LogP contribution in [-0.2, 0) is 10.0 Å². The number of nitrogens with two attached hydrogens (primary N) is 1. The van der Waals surface area contributed by atoms with Gasteiger partial charge in [-0.1, -0.05) is 30.5 Å². The highest BCUT2D eigenvalue weighted by atomic mass is 35.5. The van der Waals surface area contributed by atoms with Gasteiger partial charge in [0.1, 0.15) is 4.90 Å². The van der Waals surface area contributed by atoms with Crippen LogP contribution in [0.5, 0.6) is 0 Å². The lowest BCUT2D eigenvalue weighted by Crippen LogP contribution is -2.26. The lowest BCUT2D eigenvalue weighted by Gasteiger charge is -2.10. The zero-order valence-corrected chi connectivity index (χ0v) is 11.6. The summed E-state index contributed by atoms with van der Waals surface area (Å²) in [5, 5.41) is 0.157. The smallest absolute Gasteiger partial charge is 0.244 e. The second-order valence-electron chi connectivity index (χ2n) is 4.64. The van der Waals surface area contributed by atoms with Crippen molar-refractivity contribution in [2.45, 2.75) is 30.6 Å². The fourth-order valence-electron chi connectivity index (χ4n) is 1.89. The minimum absolute atomic E-state index is 0.0157. The van der Waals surface area contributed by atoms with Gasteiger partial charge >= 0.3 is 0 Å². The summed E-state index contributed by atoms with van der Waals surface area (Å²) in [5.74, 6) is 0.805. The number of nitrogen functional groups attached to an aromatic ring is 1. The van der Waals surface area contributed by atoms with E-state index in [4.69, 9.17) is 17.3 Å². The van der Waals surface area contributed by atoms with Gasteiger partial charge in [-0.2, -0.15) is 0 Å². The van der Waals surface area contributed by atoms with Crippen LogP contribution in [0.2, 0.25) is 5.02 Å². The molecule has 1 aliphatic rings. The van der Waals surface area contributed by atoms with Crippen LogP contribution in [0.4, 0.5) is 5.69 Å². The van der Waals surface area contributed by atoms with E-state index in [1.807, 2.05) is 0 Å². The van der Waals surface area contributed by atoms with Crippen molar-refractivity contribution in [2.75, 3.05) is 12.3 Å². The van der Waals surface area contributed by atoms with Crippen LogP contribution in [0.3, 0.4) is 0 Å².